The van der Waals surface area contributed by atoms with Crippen molar-refractivity contribution in [3.63, 3.8) is 0 Å². The van der Waals surface area contributed by atoms with Crippen LogP contribution in [0.25, 0.3) is 0 Å². The number of halogens is 4. The van der Waals surface area contributed by atoms with Crippen molar-refractivity contribution in [3.05, 3.63) is 28.8 Å². The molecule has 6 nitrogen and oxygen atoms in total. The van der Waals surface area contributed by atoms with Gasteiger partial charge in [-0.2, -0.15) is 13.2 Å². The molecule has 2 aliphatic heterocycles. The lowest BCUT2D eigenvalue weighted by atomic mass is 10.2. The van der Waals surface area contributed by atoms with Crippen LogP contribution in [0.4, 0.5) is 18.9 Å². The number of benzene rings is 1. The highest BCUT2D eigenvalue weighted by molar-refractivity contribution is 8.01. The summed E-state index contributed by atoms with van der Waals surface area (Å²) in [7, 11) is 1.42. The first-order chi connectivity index (χ1) is 13.4. The molecule has 0 radical (unpaired) electrons. The van der Waals surface area contributed by atoms with Gasteiger partial charge in [0.2, 0.25) is 17.7 Å². The molecule has 0 spiro atoms. The van der Waals surface area contributed by atoms with Crippen LogP contribution in [0.5, 0.6) is 0 Å². The zero-order valence-electron chi connectivity index (χ0n) is 15.7. The quantitative estimate of drug-likeness (QED) is 0.766. The van der Waals surface area contributed by atoms with Gasteiger partial charge < -0.3 is 15.1 Å². The Morgan fingerprint density at radius 3 is 2.76 bits per heavy atom. The molecule has 2 aliphatic rings. The summed E-state index contributed by atoms with van der Waals surface area (Å²) in [6, 6.07) is 2.39. The molecule has 29 heavy (non-hydrogen) atoms. The predicted molar refractivity (Wildman–Crippen MR) is 103 cm³/mol. The van der Waals surface area contributed by atoms with E-state index in [4.69, 9.17) is 11.6 Å². The summed E-state index contributed by atoms with van der Waals surface area (Å²) in [4.78, 5) is 39.5. The number of nitrogens with zero attached hydrogens (tertiary/aromatic N) is 2. The van der Waals surface area contributed by atoms with Crippen molar-refractivity contribution in [2.24, 2.45) is 0 Å². The normalized spacial score (nSPS) is 23.9. The van der Waals surface area contributed by atoms with Crippen LogP contribution in [0, 0.1) is 0 Å². The van der Waals surface area contributed by atoms with E-state index in [1.807, 2.05) is 6.92 Å². The number of anilines is 1. The van der Waals surface area contributed by atoms with Crippen molar-refractivity contribution in [2.45, 2.75) is 36.9 Å². The van der Waals surface area contributed by atoms with E-state index in [0.717, 1.165) is 12.1 Å². The lowest BCUT2D eigenvalue weighted by molar-refractivity contribution is -0.143. The summed E-state index contributed by atoms with van der Waals surface area (Å²) in [5.74, 6) is -0.676. The molecule has 2 heterocycles. The highest BCUT2D eigenvalue weighted by Crippen LogP contribution is 2.47. The molecule has 11 heteroatoms. The highest BCUT2D eigenvalue weighted by Gasteiger charge is 2.53. The molecule has 1 N–H and O–H groups in total. The van der Waals surface area contributed by atoms with Gasteiger partial charge in [0.25, 0.3) is 0 Å². The van der Waals surface area contributed by atoms with E-state index in [2.05, 4.69) is 5.32 Å². The Bertz CT molecular complexity index is 866. The van der Waals surface area contributed by atoms with Crippen molar-refractivity contribution >= 4 is 46.8 Å². The molecule has 0 aliphatic carbocycles. The molecule has 1 aromatic rings. The third-order valence-electron chi connectivity index (χ3n) is 5.04. The minimum absolute atomic E-state index is 0.0775. The SMILES string of the molecule is CN(CC(=O)Nc1ccc(Cl)c(C(F)(F)F)c1)C(=O)[C@H]1CS[C@]2(C)CCC(=O)N12. The number of rotatable bonds is 4. The second kappa shape index (κ2) is 7.71. The summed E-state index contributed by atoms with van der Waals surface area (Å²) in [5.41, 5.74) is -1.14. The van der Waals surface area contributed by atoms with Crippen LogP contribution in [0.3, 0.4) is 0 Å². The second-order valence-corrected chi connectivity index (χ2v) is 9.11. The number of thioether (sulfide) groups is 1. The molecule has 158 valence electrons. The molecule has 2 atom stereocenters. The number of amides is 3. The van der Waals surface area contributed by atoms with Gasteiger partial charge in [-0.15, -0.1) is 11.8 Å². The van der Waals surface area contributed by atoms with Gasteiger partial charge in [0.1, 0.15) is 6.04 Å². The first-order valence-corrected chi connectivity index (χ1v) is 10.2. The molecule has 1 aromatic carbocycles. The fraction of sp³-hybridized carbons (Fsp3) is 0.500. The van der Waals surface area contributed by atoms with Crippen molar-refractivity contribution in [1.29, 1.82) is 0 Å². The van der Waals surface area contributed by atoms with Crippen LogP contribution < -0.4 is 5.32 Å². The van der Waals surface area contributed by atoms with Gasteiger partial charge >= 0.3 is 6.18 Å². The van der Waals surface area contributed by atoms with E-state index in [0.29, 0.717) is 18.6 Å². The van der Waals surface area contributed by atoms with Crippen LogP contribution in [0.15, 0.2) is 18.2 Å². The average Bonchev–Trinajstić information content (AvgIpc) is 3.11. The average molecular weight is 450 g/mol. The molecule has 3 amide bonds. The summed E-state index contributed by atoms with van der Waals surface area (Å²) in [6.07, 6.45) is -3.60. The maximum absolute atomic E-state index is 12.9. The van der Waals surface area contributed by atoms with Gasteiger partial charge in [0, 0.05) is 24.9 Å². The van der Waals surface area contributed by atoms with Crippen LogP contribution in [0.2, 0.25) is 5.02 Å². The van der Waals surface area contributed by atoms with Gasteiger partial charge in [-0.1, -0.05) is 11.6 Å². The lowest BCUT2D eigenvalue weighted by Gasteiger charge is -2.31. The monoisotopic (exact) mass is 449 g/mol. The molecule has 0 aromatic heterocycles. The third-order valence-corrected chi connectivity index (χ3v) is 6.88. The van der Waals surface area contributed by atoms with E-state index >= 15 is 0 Å². The fourth-order valence-corrected chi connectivity index (χ4v) is 5.22. The van der Waals surface area contributed by atoms with Crippen molar-refractivity contribution in [3.8, 4) is 0 Å². The summed E-state index contributed by atoms with van der Waals surface area (Å²) >= 11 is 7.10. The number of carbonyl (C=O) groups is 3. The number of fused-ring (bicyclic) bond motifs is 1. The summed E-state index contributed by atoms with van der Waals surface area (Å²) in [5, 5.41) is 1.87. The summed E-state index contributed by atoms with van der Waals surface area (Å²) in [6.45, 7) is 1.56. The van der Waals surface area contributed by atoms with Crippen molar-refractivity contribution in [1.82, 2.24) is 9.80 Å². The van der Waals surface area contributed by atoms with E-state index in [9.17, 15) is 27.6 Å². The number of nitrogens with one attached hydrogen (secondary N) is 1. The standard InChI is InChI=1S/C18H19ClF3N3O3S/c1-17-6-5-15(27)25(17)13(9-29-17)16(28)24(2)8-14(26)23-10-3-4-12(19)11(7-10)18(20,21)22/h3-4,7,13H,5-6,8-9H2,1-2H3,(H,23,26)/t13-,17-/m1/s1. The Hall–Kier alpha value is -1.94. The van der Waals surface area contributed by atoms with Crippen LogP contribution in [0.1, 0.15) is 25.3 Å². The minimum Gasteiger partial charge on any atom is -0.335 e. The Labute approximate surface area is 174 Å². The topological polar surface area (TPSA) is 69.7 Å². The Kier molecular flexibility index (Phi) is 5.79. The largest absolute Gasteiger partial charge is 0.417 e. The molecular weight excluding hydrogens is 431 g/mol. The molecule has 2 saturated heterocycles. The van der Waals surface area contributed by atoms with Crippen LogP contribution in [-0.4, -0.2) is 57.8 Å². The Morgan fingerprint density at radius 1 is 1.41 bits per heavy atom. The predicted octanol–water partition coefficient (Wildman–Crippen LogP) is 3.21. The van der Waals surface area contributed by atoms with E-state index in [-0.39, 0.29) is 24.0 Å². The Balaban J connectivity index is 1.64. The number of carbonyl (C=O) groups excluding carboxylic acids is 3. The number of hydrogen-bond donors (Lipinski definition) is 1. The van der Waals surface area contributed by atoms with E-state index in [1.54, 1.807) is 4.90 Å². The molecular formula is C18H19ClF3N3O3S. The first kappa shape index (κ1) is 21.8. The molecule has 3 rings (SSSR count). The molecule has 2 fully saturated rings. The zero-order chi connectivity index (χ0) is 21.6. The van der Waals surface area contributed by atoms with Gasteiger partial charge in [-0.3, -0.25) is 14.4 Å². The highest BCUT2D eigenvalue weighted by atomic mass is 35.5. The molecule has 0 unspecified atom stereocenters. The van der Waals surface area contributed by atoms with Gasteiger partial charge in [0.05, 0.1) is 22.0 Å². The van der Waals surface area contributed by atoms with Crippen LogP contribution >= 0.6 is 23.4 Å². The summed E-state index contributed by atoms with van der Waals surface area (Å²) < 4.78 is 38.8. The van der Waals surface area contributed by atoms with Crippen LogP contribution in [-0.2, 0) is 20.6 Å². The minimum atomic E-state index is -4.65. The number of likely N-dealkylation sites (N-methyl/N-ethyl adjacent to an activating group) is 1. The third kappa shape index (κ3) is 4.32. The van der Waals surface area contributed by atoms with Gasteiger partial charge in [0.15, 0.2) is 0 Å². The maximum atomic E-state index is 12.9. The fourth-order valence-electron chi connectivity index (χ4n) is 3.57. The number of alkyl halides is 3. The molecule has 0 bridgehead atoms. The second-order valence-electron chi connectivity index (χ2n) is 7.20. The lowest BCUT2D eigenvalue weighted by Crippen LogP contribution is -2.51. The van der Waals surface area contributed by atoms with Gasteiger partial charge in [-0.05, 0) is 31.5 Å². The van der Waals surface area contributed by atoms with E-state index < -0.39 is 33.6 Å². The Morgan fingerprint density at radius 2 is 2.10 bits per heavy atom. The first-order valence-electron chi connectivity index (χ1n) is 8.80. The van der Waals surface area contributed by atoms with Crippen molar-refractivity contribution in [2.75, 3.05) is 24.7 Å². The van der Waals surface area contributed by atoms with Gasteiger partial charge in [-0.25, -0.2) is 0 Å². The molecule has 0 saturated carbocycles. The zero-order valence-corrected chi connectivity index (χ0v) is 17.2. The smallest absolute Gasteiger partial charge is 0.335 e. The van der Waals surface area contributed by atoms with E-state index in [1.165, 1.54) is 29.8 Å². The van der Waals surface area contributed by atoms with Crippen molar-refractivity contribution < 1.29 is 27.6 Å². The number of hydrogen-bond acceptors (Lipinski definition) is 4. The maximum Gasteiger partial charge on any atom is 0.417 e.